The summed E-state index contributed by atoms with van der Waals surface area (Å²) >= 11 is 0. The Hall–Kier alpha value is -2.84. The Morgan fingerprint density at radius 1 is 0.667 bits per heavy atom. The van der Waals surface area contributed by atoms with Crippen molar-refractivity contribution >= 4 is 21.5 Å². The van der Waals surface area contributed by atoms with Crippen LogP contribution in [0.2, 0.25) is 0 Å². The Morgan fingerprint density at radius 3 is 1.50 bits per heavy atom. The topological polar surface area (TPSA) is 47.6 Å². The van der Waals surface area contributed by atoms with Crippen LogP contribution in [0.3, 0.4) is 0 Å². The van der Waals surface area contributed by atoms with Gasteiger partial charge in [0.05, 0.1) is 23.3 Å². The predicted molar refractivity (Wildman–Crippen MR) is 70.9 cm³/mol. The Kier molecular flexibility index (Phi) is 2.22. The van der Waals surface area contributed by atoms with Crippen molar-refractivity contribution < 1.29 is 0 Å². The molecule has 0 unspecified atom stereocenters. The van der Waals surface area contributed by atoms with Crippen molar-refractivity contribution in [1.82, 2.24) is 0 Å². The van der Waals surface area contributed by atoms with Crippen LogP contribution in [-0.2, 0) is 0 Å². The minimum Gasteiger partial charge on any atom is -0.192 e. The lowest BCUT2D eigenvalue weighted by Crippen LogP contribution is -1.83. The number of rotatable bonds is 0. The van der Waals surface area contributed by atoms with Gasteiger partial charge < -0.3 is 0 Å². The summed E-state index contributed by atoms with van der Waals surface area (Å²) in [7, 11) is 0. The van der Waals surface area contributed by atoms with Gasteiger partial charge in [-0.15, -0.1) is 0 Å². The number of nitriles is 2. The molecular formula is C16H8N2. The average molecular weight is 228 g/mol. The highest BCUT2D eigenvalue weighted by Gasteiger charge is 2.05. The lowest BCUT2D eigenvalue weighted by molar-refractivity contribution is 1.50. The van der Waals surface area contributed by atoms with E-state index in [2.05, 4.69) is 12.1 Å². The monoisotopic (exact) mass is 228 g/mol. The molecule has 0 aliphatic carbocycles. The third-order valence-corrected chi connectivity index (χ3v) is 3.12. The normalized spacial score (nSPS) is 10.1. The largest absolute Gasteiger partial charge is 0.192 e. The Bertz CT molecular complexity index is 775. The van der Waals surface area contributed by atoms with Crippen LogP contribution >= 0.6 is 0 Å². The first-order valence-electron chi connectivity index (χ1n) is 5.59. The summed E-state index contributed by atoms with van der Waals surface area (Å²) in [5.41, 5.74) is 1.33. The average Bonchev–Trinajstić information content (AvgIpc) is 2.43. The number of hydrogen-bond acceptors (Lipinski definition) is 2. The van der Waals surface area contributed by atoms with Gasteiger partial charge in [-0.3, -0.25) is 0 Å². The summed E-state index contributed by atoms with van der Waals surface area (Å²) in [6, 6.07) is 19.6. The molecular weight excluding hydrogens is 220 g/mol. The number of hydrogen-bond donors (Lipinski definition) is 0. The maximum absolute atomic E-state index is 9.11. The molecule has 0 N–H and O–H groups in total. The van der Waals surface area contributed by atoms with Crippen LogP contribution in [0.15, 0.2) is 48.5 Å². The van der Waals surface area contributed by atoms with Crippen molar-refractivity contribution in [2.24, 2.45) is 0 Å². The molecule has 0 saturated heterocycles. The number of fused-ring (bicyclic) bond motifs is 2. The van der Waals surface area contributed by atoms with E-state index in [1.54, 1.807) is 0 Å². The van der Waals surface area contributed by atoms with Crippen LogP contribution in [0, 0.1) is 22.7 Å². The molecule has 2 nitrogen and oxygen atoms in total. The highest BCUT2D eigenvalue weighted by molar-refractivity contribution is 6.02. The highest BCUT2D eigenvalue weighted by Crippen LogP contribution is 2.27. The molecule has 0 atom stereocenters. The van der Waals surface area contributed by atoms with Gasteiger partial charge in [-0.1, -0.05) is 24.3 Å². The molecule has 82 valence electrons. The summed E-state index contributed by atoms with van der Waals surface area (Å²) in [6.07, 6.45) is 0. The van der Waals surface area contributed by atoms with E-state index >= 15 is 0 Å². The first-order valence-corrected chi connectivity index (χ1v) is 5.59. The van der Waals surface area contributed by atoms with E-state index in [1.807, 2.05) is 48.5 Å². The molecule has 0 aliphatic rings. The van der Waals surface area contributed by atoms with Crippen molar-refractivity contribution in [1.29, 1.82) is 10.5 Å². The van der Waals surface area contributed by atoms with Crippen molar-refractivity contribution in [3.63, 3.8) is 0 Å². The fraction of sp³-hybridized carbons (Fsp3) is 0. The second-order valence-corrected chi connectivity index (χ2v) is 4.13. The summed E-state index contributed by atoms with van der Waals surface area (Å²) in [5.74, 6) is 0. The molecule has 0 aromatic heterocycles. The number of nitrogens with zero attached hydrogens (tertiary/aromatic N) is 2. The number of benzene rings is 3. The molecule has 18 heavy (non-hydrogen) atoms. The lowest BCUT2D eigenvalue weighted by Gasteiger charge is -2.04. The van der Waals surface area contributed by atoms with Crippen LogP contribution in [0.4, 0.5) is 0 Å². The van der Waals surface area contributed by atoms with Crippen molar-refractivity contribution in [2.75, 3.05) is 0 Å². The van der Waals surface area contributed by atoms with Crippen LogP contribution in [0.25, 0.3) is 21.5 Å². The Morgan fingerprint density at radius 2 is 1.11 bits per heavy atom. The standard InChI is InChI=1S/C16H8N2/c17-9-13-5-1-3-11-7-16-12(8-15(11)13)4-2-6-14(16)10-18/h1-8H. The quantitative estimate of drug-likeness (QED) is 0.550. The minimum absolute atomic E-state index is 0.664. The van der Waals surface area contributed by atoms with E-state index in [-0.39, 0.29) is 0 Å². The first kappa shape index (κ1) is 10.3. The summed E-state index contributed by atoms with van der Waals surface area (Å²) in [6.45, 7) is 0. The Labute approximate surface area is 104 Å². The summed E-state index contributed by atoms with van der Waals surface area (Å²) in [4.78, 5) is 0. The summed E-state index contributed by atoms with van der Waals surface area (Å²) in [5, 5.41) is 22.1. The minimum atomic E-state index is 0.664. The van der Waals surface area contributed by atoms with E-state index in [9.17, 15) is 0 Å². The van der Waals surface area contributed by atoms with Gasteiger partial charge in [-0.2, -0.15) is 10.5 Å². The molecule has 3 aromatic carbocycles. The molecule has 0 radical (unpaired) electrons. The molecule has 3 aromatic rings. The fourth-order valence-electron chi connectivity index (χ4n) is 2.25. The third kappa shape index (κ3) is 1.41. The zero-order valence-electron chi connectivity index (χ0n) is 9.51. The smallest absolute Gasteiger partial charge is 0.0998 e. The summed E-state index contributed by atoms with van der Waals surface area (Å²) < 4.78 is 0. The van der Waals surface area contributed by atoms with Crippen LogP contribution in [-0.4, -0.2) is 0 Å². The van der Waals surface area contributed by atoms with Crippen molar-refractivity contribution in [3.8, 4) is 12.1 Å². The first-order chi connectivity index (χ1) is 8.83. The second kappa shape index (κ2) is 3.87. The molecule has 2 heteroatoms. The second-order valence-electron chi connectivity index (χ2n) is 4.13. The molecule has 0 aliphatic heterocycles. The molecule has 3 rings (SSSR count). The van der Waals surface area contributed by atoms with Gasteiger partial charge >= 0.3 is 0 Å². The van der Waals surface area contributed by atoms with E-state index in [0.717, 1.165) is 21.5 Å². The van der Waals surface area contributed by atoms with E-state index in [0.29, 0.717) is 11.1 Å². The van der Waals surface area contributed by atoms with Gasteiger partial charge in [-0.05, 0) is 35.0 Å². The van der Waals surface area contributed by atoms with E-state index in [1.165, 1.54) is 0 Å². The molecule has 0 spiro atoms. The van der Waals surface area contributed by atoms with Crippen LogP contribution in [0.1, 0.15) is 11.1 Å². The lowest BCUT2D eigenvalue weighted by atomic mass is 9.98. The van der Waals surface area contributed by atoms with Gasteiger partial charge in [0.2, 0.25) is 0 Å². The van der Waals surface area contributed by atoms with Gasteiger partial charge in [0.25, 0.3) is 0 Å². The van der Waals surface area contributed by atoms with Gasteiger partial charge in [0.15, 0.2) is 0 Å². The third-order valence-electron chi connectivity index (χ3n) is 3.12. The van der Waals surface area contributed by atoms with Crippen molar-refractivity contribution in [2.45, 2.75) is 0 Å². The van der Waals surface area contributed by atoms with Crippen LogP contribution in [0.5, 0.6) is 0 Å². The zero-order chi connectivity index (χ0) is 12.5. The highest BCUT2D eigenvalue weighted by atomic mass is 14.2. The SMILES string of the molecule is N#Cc1cccc2cc3c(C#N)cccc3cc12. The molecule has 0 heterocycles. The van der Waals surface area contributed by atoms with E-state index in [4.69, 9.17) is 10.5 Å². The van der Waals surface area contributed by atoms with Gasteiger partial charge in [0, 0.05) is 10.8 Å². The van der Waals surface area contributed by atoms with Gasteiger partial charge in [-0.25, -0.2) is 0 Å². The van der Waals surface area contributed by atoms with Gasteiger partial charge in [0.1, 0.15) is 0 Å². The molecule has 0 saturated carbocycles. The molecule has 0 bridgehead atoms. The van der Waals surface area contributed by atoms with Crippen molar-refractivity contribution in [3.05, 3.63) is 59.7 Å². The predicted octanol–water partition coefficient (Wildman–Crippen LogP) is 3.74. The molecule has 0 fully saturated rings. The zero-order valence-corrected chi connectivity index (χ0v) is 9.51. The maximum atomic E-state index is 9.11. The molecule has 0 amide bonds. The van der Waals surface area contributed by atoms with E-state index < -0.39 is 0 Å². The van der Waals surface area contributed by atoms with Crippen LogP contribution < -0.4 is 0 Å². The maximum Gasteiger partial charge on any atom is 0.0998 e. The Balaban J connectivity index is 2.53. The fourth-order valence-corrected chi connectivity index (χ4v) is 2.25.